The molecule has 4 nitrogen and oxygen atoms in total. The molecule has 0 amide bonds. The molecule has 0 fully saturated rings. The maximum absolute atomic E-state index is 5.79. The number of nitrogens with one attached hydrogen (secondary N) is 1. The molecule has 0 atom stereocenters. The average Bonchev–Trinajstić information content (AvgIpc) is 2.28. The molecule has 0 aliphatic heterocycles. The van der Waals surface area contributed by atoms with Gasteiger partial charge in [0.15, 0.2) is 0 Å². The first kappa shape index (κ1) is 11.7. The Balaban J connectivity index is 2.24. The average molecular weight is 250 g/mol. The van der Waals surface area contributed by atoms with Crippen LogP contribution in [0.1, 0.15) is 5.69 Å². The highest BCUT2D eigenvalue weighted by molar-refractivity contribution is 6.28. The normalized spacial score (nSPS) is 10.1. The summed E-state index contributed by atoms with van der Waals surface area (Å²) in [5.41, 5.74) is 1.70. The number of halogens is 1. The quantitative estimate of drug-likeness (QED) is 0.849. The largest absolute Gasteiger partial charge is 0.497 e. The highest BCUT2D eigenvalue weighted by atomic mass is 35.5. The van der Waals surface area contributed by atoms with Gasteiger partial charge in [-0.25, -0.2) is 9.97 Å². The Labute approximate surface area is 105 Å². The number of hydrogen-bond acceptors (Lipinski definition) is 4. The van der Waals surface area contributed by atoms with Crippen LogP contribution in [-0.2, 0) is 0 Å². The van der Waals surface area contributed by atoms with Crippen molar-refractivity contribution in [3.05, 3.63) is 41.3 Å². The molecule has 2 rings (SSSR count). The lowest BCUT2D eigenvalue weighted by molar-refractivity contribution is 0.415. The first-order valence-electron chi connectivity index (χ1n) is 5.09. The fraction of sp³-hybridized carbons (Fsp3) is 0.167. The van der Waals surface area contributed by atoms with Crippen LogP contribution in [0.3, 0.4) is 0 Å². The molecule has 1 aromatic carbocycles. The van der Waals surface area contributed by atoms with Crippen molar-refractivity contribution < 1.29 is 4.74 Å². The van der Waals surface area contributed by atoms with Crippen LogP contribution in [0.5, 0.6) is 5.75 Å². The minimum absolute atomic E-state index is 0.232. The van der Waals surface area contributed by atoms with Crippen molar-refractivity contribution in [2.45, 2.75) is 6.92 Å². The monoisotopic (exact) mass is 249 g/mol. The fourth-order valence-corrected chi connectivity index (χ4v) is 1.67. The van der Waals surface area contributed by atoms with Gasteiger partial charge in [0.05, 0.1) is 7.11 Å². The lowest BCUT2D eigenvalue weighted by atomic mass is 10.3. The Morgan fingerprint density at radius 2 is 2.06 bits per heavy atom. The van der Waals surface area contributed by atoms with Crippen molar-refractivity contribution in [3.8, 4) is 5.75 Å². The van der Waals surface area contributed by atoms with Crippen molar-refractivity contribution in [3.63, 3.8) is 0 Å². The first-order valence-corrected chi connectivity index (χ1v) is 5.47. The van der Waals surface area contributed by atoms with Crippen LogP contribution >= 0.6 is 11.6 Å². The number of aromatic nitrogens is 2. The van der Waals surface area contributed by atoms with Crippen molar-refractivity contribution in [2.75, 3.05) is 12.4 Å². The Bertz CT molecular complexity index is 511. The molecule has 0 saturated carbocycles. The van der Waals surface area contributed by atoms with Crippen molar-refractivity contribution in [1.82, 2.24) is 9.97 Å². The van der Waals surface area contributed by atoms with Gasteiger partial charge in [-0.05, 0) is 30.7 Å². The van der Waals surface area contributed by atoms with Crippen LogP contribution in [0.15, 0.2) is 30.3 Å². The van der Waals surface area contributed by atoms with E-state index in [0.29, 0.717) is 5.82 Å². The summed E-state index contributed by atoms with van der Waals surface area (Å²) < 4.78 is 5.14. The summed E-state index contributed by atoms with van der Waals surface area (Å²) in [6.07, 6.45) is 0. The maximum atomic E-state index is 5.79. The second kappa shape index (κ2) is 5.01. The van der Waals surface area contributed by atoms with Gasteiger partial charge < -0.3 is 10.1 Å². The predicted molar refractivity (Wildman–Crippen MR) is 68.1 cm³/mol. The number of rotatable bonds is 3. The summed E-state index contributed by atoms with van der Waals surface area (Å²) in [6, 6.07) is 9.41. The number of anilines is 2. The second-order valence-electron chi connectivity index (χ2n) is 3.52. The molecular weight excluding hydrogens is 238 g/mol. The zero-order chi connectivity index (χ0) is 12.3. The van der Waals surface area contributed by atoms with E-state index in [1.54, 1.807) is 7.11 Å². The predicted octanol–water partition coefficient (Wildman–Crippen LogP) is 3.19. The van der Waals surface area contributed by atoms with E-state index in [1.165, 1.54) is 0 Å². The van der Waals surface area contributed by atoms with Crippen molar-refractivity contribution in [1.29, 1.82) is 0 Å². The van der Waals surface area contributed by atoms with E-state index >= 15 is 0 Å². The standard InChI is InChI=1S/C12H12ClN3O/c1-8-6-11(16-12(13)14-8)15-9-4-3-5-10(7-9)17-2/h3-7H,1-2H3,(H,14,15,16). The highest BCUT2D eigenvalue weighted by Crippen LogP contribution is 2.21. The van der Waals surface area contributed by atoms with Gasteiger partial charge in [-0.1, -0.05) is 6.07 Å². The van der Waals surface area contributed by atoms with Gasteiger partial charge >= 0.3 is 0 Å². The van der Waals surface area contributed by atoms with E-state index < -0.39 is 0 Å². The molecule has 0 aliphatic carbocycles. The van der Waals surface area contributed by atoms with E-state index in [-0.39, 0.29) is 5.28 Å². The Hall–Kier alpha value is -1.81. The van der Waals surface area contributed by atoms with Crippen LogP contribution in [0.25, 0.3) is 0 Å². The third-order valence-corrected chi connectivity index (χ3v) is 2.34. The van der Waals surface area contributed by atoms with E-state index in [9.17, 15) is 0 Å². The molecule has 1 heterocycles. The van der Waals surface area contributed by atoms with E-state index in [4.69, 9.17) is 16.3 Å². The van der Waals surface area contributed by atoms with Gasteiger partial charge in [0.25, 0.3) is 0 Å². The Morgan fingerprint density at radius 3 is 2.76 bits per heavy atom. The molecule has 5 heteroatoms. The first-order chi connectivity index (χ1) is 8.17. The van der Waals surface area contributed by atoms with Gasteiger partial charge in [0.1, 0.15) is 11.6 Å². The summed E-state index contributed by atoms with van der Waals surface area (Å²) >= 11 is 5.79. The number of aryl methyl sites for hydroxylation is 1. The molecule has 88 valence electrons. The number of ether oxygens (including phenoxy) is 1. The lowest BCUT2D eigenvalue weighted by Crippen LogP contribution is -1.97. The smallest absolute Gasteiger partial charge is 0.224 e. The molecule has 2 aromatic rings. The van der Waals surface area contributed by atoms with Gasteiger partial charge in [-0.15, -0.1) is 0 Å². The van der Waals surface area contributed by atoms with Crippen LogP contribution in [0, 0.1) is 6.92 Å². The molecule has 1 N–H and O–H groups in total. The third-order valence-electron chi connectivity index (χ3n) is 2.17. The molecule has 17 heavy (non-hydrogen) atoms. The molecular formula is C12H12ClN3O. The SMILES string of the molecule is COc1cccc(Nc2cc(C)nc(Cl)n2)c1. The van der Waals surface area contributed by atoms with Crippen LogP contribution in [-0.4, -0.2) is 17.1 Å². The summed E-state index contributed by atoms with van der Waals surface area (Å²) in [5.74, 6) is 1.45. The van der Waals surface area contributed by atoms with Gasteiger partial charge in [-0.3, -0.25) is 0 Å². The van der Waals surface area contributed by atoms with E-state index in [1.807, 2.05) is 37.3 Å². The van der Waals surface area contributed by atoms with Crippen LogP contribution in [0.2, 0.25) is 5.28 Å². The topological polar surface area (TPSA) is 47.0 Å². The summed E-state index contributed by atoms with van der Waals surface area (Å²) in [5, 5.41) is 3.38. The maximum Gasteiger partial charge on any atom is 0.224 e. The minimum atomic E-state index is 0.232. The Kier molecular flexibility index (Phi) is 3.44. The van der Waals surface area contributed by atoms with Crippen molar-refractivity contribution >= 4 is 23.1 Å². The Morgan fingerprint density at radius 1 is 1.24 bits per heavy atom. The number of benzene rings is 1. The van der Waals surface area contributed by atoms with E-state index in [0.717, 1.165) is 17.1 Å². The number of methoxy groups -OCH3 is 1. The molecule has 0 radical (unpaired) electrons. The molecule has 0 unspecified atom stereocenters. The number of hydrogen-bond donors (Lipinski definition) is 1. The van der Waals surface area contributed by atoms with Gasteiger partial charge in [0.2, 0.25) is 5.28 Å². The zero-order valence-electron chi connectivity index (χ0n) is 9.57. The summed E-state index contributed by atoms with van der Waals surface area (Å²) in [4.78, 5) is 8.09. The lowest BCUT2D eigenvalue weighted by Gasteiger charge is -2.07. The van der Waals surface area contributed by atoms with Gasteiger partial charge in [0, 0.05) is 23.5 Å². The molecule has 1 aromatic heterocycles. The fourth-order valence-electron chi connectivity index (χ4n) is 1.45. The van der Waals surface area contributed by atoms with Crippen LogP contribution < -0.4 is 10.1 Å². The summed E-state index contributed by atoms with van der Waals surface area (Å²) in [6.45, 7) is 1.87. The zero-order valence-corrected chi connectivity index (χ0v) is 10.3. The van der Waals surface area contributed by atoms with Crippen molar-refractivity contribution in [2.24, 2.45) is 0 Å². The van der Waals surface area contributed by atoms with Crippen LogP contribution in [0.4, 0.5) is 11.5 Å². The van der Waals surface area contributed by atoms with E-state index in [2.05, 4.69) is 15.3 Å². The number of nitrogens with zero attached hydrogens (tertiary/aromatic N) is 2. The molecule has 0 bridgehead atoms. The summed E-state index contributed by atoms with van der Waals surface area (Å²) in [7, 11) is 1.63. The second-order valence-corrected chi connectivity index (χ2v) is 3.86. The highest BCUT2D eigenvalue weighted by Gasteiger charge is 2.01. The minimum Gasteiger partial charge on any atom is -0.497 e. The molecule has 0 aliphatic rings. The molecule has 0 spiro atoms. The molecule has 0 saturated heterocycles. The van der Waals surface area contributed by atoms with Gasteiger partial charge in [-0.2, -0.15) is 0 Å². The third kappa shape index (κ3) is 3.07.